The third kappa shape index (κ3) is 3.66. The Kier molecular flexibility index (Phi) is 5.58. The monoisotopic (exact) mass is 376 g/mol. The maximum atomic E-state index is 12.7. The summed E-state index contributed by atoms with van der Waals surface area (Å²) >= 11 is 5.03. The van der Waals surface area contributed by atoms with Gasteiger partial charge < -0.3 is 0 Å². The Bertz CT molecular complexity index is 824. The molecule has 3 nitrogen and oxygen atoms in total. The second-order valence-electron chi connectivity index (χ2n) is 5.78. The summed E-state index contributed by atoms with van der Waals surface area (Å²) in [6.45, 7) is 4.56. The second kappa shape index (κ2) is 7.68. The number of para-hydroxylation sites is 1. The van der Waals surface area contributed by atoms with Crippen LogP contribution >= 0.6 is 34.4 Å². The lowest BCUT2D eigenvalue weighted by Gasteiger charge is -2.21. The summed E-state index contributed by atoms with van der Waals surface area (Å²) in [4.78, 5) is 21.8. The van der Waals surface area contributed by atoms with Gasteiger partial charge >= 0.3 is 0 Å². The number of nitrogens with zero attached hydrogens (tertiary/aromatic N) is 2. The minimum atomic E-state index is -0.0413. The number of carbonyl (C=O) groups is 1. The number of carbonyl (C=O) groups excluding carboxylic acids is 1. The van der Waals surface area contributed by atoms with Gasteiger partial charge in [-0.2, -0.15) is 0 Å². The van der Waals surface area contributed by atoms with Crippen LogP contribution in [0.3, 0.4) is 0 Å². The minimum absolute atomic E-state index is 0.0413. The Hall–Kier alpha value is -1.37. The van der Waals surface area contributed by atoms with Crippen LogP contribution < -0.4 is 4.90 Å². The molecule has 1 amide bonds. The number of amides is 1. The number of benzene rings is 1. The van der Waals surface area contributed by atoms with Crippen LogP contribution in [0.15, 0.2) is 40.6 Å². The Labute approximate surface area is 154 Å². The van der Waals surface area contributed by atoms with Crippen LogP contribution in [0.1, 0.15) is 18.7 Å². The number of thioether (sulfide) groups is 1. The summed E-state index contributed by atoms with van der Waals surface area (Å²) in [6, 6.07) is 10.4. The predicted octanol–water partition coefficient (Wildman–Crippen LogP) is 5.31. The number of rotatable bonds is 6. The van der Waals surface area contributed by atoms with Gasteiger partial charge in [0.15, 0.2) is 5.13 Å². The van der Waals surface area contributed by atoms with E-state index in [1.165, 1.54) is 4.88 Å². The van der Waals surface area contributed by atoms with Gasteiger partial charge in [-0.25, -0.2) is 4.98 Å². The number of thiophene rings is 1. The lowest BCUT2D eigenvalue weighted by atomic mass is 10.2. The van der Waals surface area contributed by atoms with E-state index in [0.29, 0.717) is 6.54 Å². The van der Waals surface area contributed by atoms with Crippen LogP contribution in [0, 0.1) is 5.92 Å². The van der Waals surface area contributed by atoms with Crippen LogP contribution in [0.4, 0.5) is 5.13 Å². The highest BCUT2D eigenvalue weighted by atomic mass is 32.2. The molecule has 1 aromatic carbocycles. The van der Waals surface area contributed by atoms with Crippen molar-refractivity contribution in [1.82, 2.24) is 4.98 Å². The highest BCUT2D eigenvalue weighted by Gasteiger charge is 2.22. The standard InChI is InChI=1S/C18H20N2OS3/c1-12(2)17(21)20(10-9-13-6-5-11-23-13)18-19-16-14(22-3)7-4-8-15(16)24-18/h4-8,11-12H,9-10H2,1-3H3. The summed E-state index contributed by atoms with van der Waals surface area (Å²) in [5, 5.41) is 2.88. The highest BCUT2D eigenvalue weighted by molar-refractivity contribution is 7.98. The zero-order valence-corrected chi connectivity index (χ0v) is 16.4. The lowest BCUT2D eigenvalue weighted by molar-refractivity contribution is -0.121. The first-order valence-electron chi connectivity index (χ1n) is 7.87. The van der Waals surface area contributed by atoms with Gasteiger partial charge in [-0.15, -0.1) is 23.1 Å². The molecule has 3 aromatic rings. The molecule has 0 aliphatic carbocycles. The highest BCUT2D eigenvalue weighted by Crippen LogP contribution is 2.34. The predicted molar refractivity (Wildman–Crippen MR) is 107 cm³/mol. The molecule has 0 unspecified atom stereocenters. The van der Waals surface area contributed by atoms with Crippen molar-refractivity contribution in [2.75, 3.05) is 17.7 Å². The average molecular weight is 377 g/mol. The third-order valence-corrected chi connectivity index (χ3v) is 6.49. The lowest BCUT2D eigenvalue weighted by Crippen LogP contribution is -2.35. The first kappa shape index (κ1) is 17.5. The van der Waals surface area contributed by atoms with E-state index in [0.717, 1.165) is 26.7 Å². The van der Waals surface area contributed by atoms with Crippen molar-refractivity contribution >= 4 is 55.7 Å². The fourth-order valence-electron chi connectivity index (χ4n) is 2.48. The zero-order valence-electron chi connectivity index (χ0n) is 14.0. The Balaban J connectivity index is 1.93. The molecule has 0 atom stereocenters. The Morgan fingerprint density at radius 1 is 1.29 bits per heavy atom. The molecule has 2 aromatic heterocycles. The van der Waals surface area contributed by atoms with Gasteiger partial charge in [-0.1, -0.05) is 37.3 Å². The van der Waals surface area contributed by atoms with Crippen molar-refractivity contribution in [3.05, 3.63) is 40.6 Å². The number of hydrogen-bond donors (Lipinski definition) is 0. The van der Waals surface area contributed by atoms with E-state index in [2.05, 4.69) is 42.0 Å². The Morgan fingerprint density at radius 2 is 2.12 bits per heavy atom. The molecular weight excluding hydrogens is 356 g/mol. The first-order valence-corrected chi connectivity index (χ1v) is 10.8. The van der Waals surface area contributed by atoms with Crippen molar-refractivity contribution in [1.29, 1.82) is 0 Å². The van der Waals surface area contributed by atoms with E-state index in [1.54, 1.807) is 34.4 Å². The second-order valence-corrected chi connectivity index (χ2v) is 8.67. The van der Waals surface area contributed by atoms with Crippen molar-refractivity contribution in [3.8, 4) is 0 Å². The summed E-state index contributed by atoms with van der Waals surface area (Å²) in [5.74, 6) is 0.0942. The molecule has 0 spiro atoms. The number of fused-ring (bicyclic) bond motifs is 1. The molecular formula is C18H20N2OS3. The molecule has 2 heterocycles. The maximum Gasteiger partial charge on any atom is 0.231 e. The fourth-order valence-corrected chi connectivity index (χ4v) is 4.83. The van der Waals surface area contributed by atoms with Crippen LogP contribution in [-0.2, 0) is 11.2 Å². The minimum Gasteiger partial charge on any atom is -0.288 e. The molecule has 3 rings (SSSR count). The normalized spacial score (nSPS) is 11.3. The van der Waals surface area contributed by atoms with E-state index >= 15 is 0 Å². The van der Waals surface area contributed by atoms with Gasteiger partial charge in [0, 0.05) is 22.2 Å². The van der Waals surface area contributed by atoms with E-state index < -0.39 is 0 Å². The fraction of sp³-hybridized carbons (Fsp3) is 0.333. The number of thiazole rings is 1. The van der Waals surface area contributed by atoms with Crippen LogP contribution in [-0.4, -0.2) is 23.7 Å². The maximum absolute atomic E-state index is 12.7. The van der Waals surface area contributed by atoms with Crippen LogP contribution in [0.2, 0.25) is 0 Å². The van der Waals surface area contributed by atoms with E-state index in [1.807, 2.05) is 18.7 Å². The van der Waals surface area contributed by atoms with Crippen molar-refractivity contribution in [2.24, 2.45) is 5.92 Å². The van der Waals surface area contributed by atoms with Crippen molar-refractivity contribution < 1.29 is 4.79 Å². The molecule has 0 fully saturated rings. The number of aromatic nitrogens is 1. The molecule has 0 bridgehead atoms. The van der Waals surface area contributed by atoms with E-state index in [-0.39, 0.29) is 11.8 Å². The number of anilines is 1. The van der Waals surface area contributed by atoms with Gasteiger partial charge in [0.05, 0.1) is 10.2 Å². The average Bonchev–Trinajstić information content (AvgIpc) is 3.23. The third-order valence-electron chi connectivity index (χ3n) is 3.74. The van der Waals surface area contributed by atoms with Crippen molar-refractivity contribution in [3.63, 3.8) is 0 Å². The summed E-state index contributed by atoms with van der Waals surface area (Å²) < 4.78 is 1.13. The van der Waals surface area contributed by atoms with E-state index in [4.69, 9.17) is 4.98 Å². The molecule has 0 saturated carbocycles. The smallest absolute Gasteiger partial charge is 0.231 e. The topological polar surface area (TPSA) is 33.2 Å². The van der Waals surface area contributed by atoms with Gasteiger partial charge in [0.1, 0.15) is 0 Å². The largest absolute Gasteiger partial charge is 0.288 e. The van der Waals surface area contributed by atoms with Gasteiger partial charge in [0.25, 0.3) is 0 Å². The molecule has 0 aliphatic rings. The van der Waals surface area contributed by atoms with E-state index in [9.17, 15) is 4.79 Å². The first-order chi connectivity index (χ1) is 11.6. The van der Waals surface area contributed by atoms with Gasteiger partial charge in [0.2, 0.25) is 5.91 Å². The Morgan fingerprint density at radius 3 is 2.79 bits per heavy atom. The zero-order chi connectivity index (χ0) is 17.1. The van der Waals surface area contributed by atoms with Crippen LogP contribution in [0.25, 0.3) is 10.2 Å². The SMILES string of the molecule is CSc1cccc2sc(N(CCc3cccs3)C(=O)C(C)C)nc12. The van der Waals surface area contributed by atoms with Crippen LogP contribution in [0.5, 0.6) is 0 Å². The summed E-state index contributed by atoms with van der Waals surface area (Å²) in [6.07, 6.45) is 2.92. The summed E-state index contributed by atoms with van der Waals surface area (Å²) in [5.41, 5.74) is 1.00. The van der Waals surface area contributed by atoms with Gasteiger partial charge in [-0.3, -0.25) is 9.69 Å². The molecule has 24 heavy (non-hydrogen) atoms. The molecule has 6 heteroatoms. The quantitative estimate of drug-likeness (QED) is 0.547. The van der Waals surface area contributed by atoms with Gasteiger partial charge in [-0.05, 0) is 36.3 Å². The molecule has 0 saturated heterocycles. The number of hydrogen-bond acceptors (Lipinski definition) is 5. The molecule has 126 valence electrons. The van der Waals surface area contributed by atoms with Crippen molar-refractivity contribution in [2.45, 2.75) is 25.2 Å². The molecule has 0 aliphatic heterocycles. The molecule has 0 radical (unpaired) electrons. The molecule has 0 N–H and O–H groups in total. The summed E-state index contributed by atoms with van der Waals surface area (Å²) in [7, 11) is 0.